The van der Waals surface area contributed by atoms with Crippen molar-refractivity contribution in [1.29, 1.82) is 0 Å². The normalized spacial score (nSPS) is 12.5. The predicted octanol–water partition coefficient (Wildman–Crippen LogP) is 6.17. The van der Waals surface area contributed by atoms with Gasteiger partial charge in [-0.25, -0.2) is 4.57 Å². The molecule has 2 aromatic rings. The summed E-state index contributed by atoms with van der Waals surface area (Å²) in [6, 6.07) is 17.2. The van der Waals surface area contributed by atoms with Crippen molar-refractivity contribution < 1.29 is 42.7 Å². The van der Waals surface area contributed by atoms with Crippen LogP contribution in [0.4, 0.5) is 0 Å². The Bertz CT molecular complexity index is 1080. The number of allylic oxidation sites excluding steroid dienone is 2. The summed E-state index contributed by atoms with van der Waals surface area (Å²) in [4.78, 5) is 42.1. The molecule has 226 valence electrons. The van der Waals surface area contributed by atoms with E-state index in [1.54, 1.807) is 0 Å². The molecule has 0 aliphatic rings. The molecule has 41 heavy (non-hydrogen) atoms. The van der Waals surface area contributed by atoms with Crippen LogP contribution in [0.3, 0.4) is 0 Å². The number of esters is 1. The molecule has 2 N–H and O–H groups in total. The molecule has 0 fully saturated rings. The second kappa shape index (κ2) is 20.3. The molecule has 2 rings (SSSR count). The molecule has 0 radical (unpaired) electrons. The van der Waals surface area contributed by atoms with Gasteiger partial charge in [0.1, 0.15) is 19.5 Å². The second-order valence-corrected chi connectivity index (χ2v) is 11.0. The SMILES string of the molecule is COCO[C@H](COC(=O)CCCCCCC/C=C\CCCc1ccc(C(=O)c2ccccc2)cc1)CO[32P](=O)(O)O. The largest absolute Gasteiger partial charge is 0.469 e. The van der Waals surface area contributed by atoms with Gasteiger partial charge in [-0.3, -0.25) is 14.1 Å². The highest BCUT2D eigenvalue weighted by Gasteiger charge is 2.20. The van der Waals surface area contributed by atoms with Crippen molar-refractivity contribution in [2.45, 2.75) is 70.3 Å². The monoisotopic (exact) mass is 591 g/mol. The minimum absolute atomic E-state index is 0.0481. The van der Waals surface area contributed by atoms with Crippen LogP contribution in [0.1, 0.15) is 79.3 Å². The number of hydrogen-bond acceptors (Lipinski definition) is 7. The van der Waals surface area contributed by atoms with Crippen LogP contribution in [0.5, 0.6) is 0 Å². The molecule has 0 amide bonds. The van der Waals surface area contributed by atoms with E-state index in [1.807, 2.05) is 54.6 Å². The first-order valence-corrected chi connectivity index (χ1v) is 15.6. The van der Waals surface area contributed by atoms with Gasteiger partial charge in [-0.05, 0) is 44.1 Å². The number of methoxy groups -OCH3 is 1. The summed E-state index contributed by atoms with van der Waals surface area (Å²) < 4.78 is 30.4. The van der Waals surface area contributed by atoms with Crippen molar-refractivity contribution >= 4 is 19.6 Å². The third kappa shape index (κ3) is 16.4. The summed E-state index contributed by atoms with van der Waals surface area (Å²) in [6.45, 7) is -0.700. The standard InChI is InChI=1S/C31H43O9P/c1-37-25-39-29(24-40-41(34,35)36)23-38-30(32)18-14-9-7-5-3-2-4-6-8-11-15-26-19-21-28(22-20-26)31(33)27-16-12-10-13-17-27/h4,6,10,12-13,16-17,19-22,29H,2-3,5,7-9,11,14-15,18,23-25H2,1H3,(H2,34,35,36)/b6-4-/t29-/m1/s1/i41+1. The van der Waals surface area contributed by atoms with E-state index in [9.17, 15) is 14.2 Å². The Morgan fingerprint density at radius 3 is 2.15 bits per heavy atom. The fraction of sp³-hybridized carbons (Fsp3) is 0.484. The van der Waals surface area contributed by atoms with E-state index >= 15 is 0 Å². The summed E-state index contributed by atoms with van der Waals surface area (Å²) in [5.74, 6) is -0.334. The number of ether oxygens (including phenoxy) is 3. The quantitative estimate of drug-likeness (QED) is 0.0413. The average molecular weight is 592 g/mol. The molecule has 0 bridgehead atoms. The van der Waals surface area contributed by atoms with Crippen LogP contribution in [0.25, 0.3) is 0 Å². The maximum Gasteiger partial charge on any atom is 0.469 e. The average Bonchev–Trinajstić information content (AvgIpc) is 2.97. The highest BCUT2D eigenvalue weighted by molar-refractivity contribution is 7.46. The minimum Gasteiger partial charge on any atom is -0.463 e. The molecule has 1 atom stereocenters. The number of ketones is 1. The topological polar surface area (TPSA) is 129 Å². The van der Waals surface area contributed by atoms with Crippen molar-refractivity contribution in [3.05, 3.63) is 83.4 Å². The number of phosphoric ester groups is 1. The van der Waals surface area contributed by atoms with E-state index in [2.05, 4.69) is 16.7 Å². The molecule has 0 aliphatic heterocycles. The number of aryl methyl sites for hydroxylation is 1. The number of phosphoric acid groups is 1. The van der Waals surface area contributed by atoms with Crippen molar-refractivity contribution in [1.82, 2.24) is 0 Å². The first-order chi connectivity index (χ1) is 19.8. The summed E-state index contributed by atoms with van der Waals surface area (Å²) in [5, 5.41) is 0. The third-order valence-corrected chi connectivity index (χ3v) is 6.77. The highest BCUT2D eigenvalue weighted by Crippen LogP contribution is 2.35. The molecule has 0 aliphatic carbocycles. The smallest absolute Gasteiger partial charge is 0.463 e. The van der Waals surface area contributed by atoms with E-state index in [4.69, 9.17) is 24.0 Å². The van der Waals surface area contributed by atoms with Gasteiger partial charge < -0.3 is 24.0 Å². The van der Waals surface area contributed by atoms with Crippen LogP contribution >= 0.6 is 7.82 Å². The van der Waals surface area contributed by atoms with Gasteiger partial charge in [0.05, 0.1) is 6.61 Å². The molecule has 2 aromatic carbocycles. The summed E-state index contributed by atoms with van der Waals surface area (Å²) in [7, 11) is -3.23. The zero-order valence-corrected chi connectivity index (χ0v) is 24.7. The lowest BCUT2D eigenvalue weighted by atomic mass is 10.0. The molecule has 0 spiro atoms. The maximum atomic E-state index is 12.5. The van der Waals surface area contributed by atoms with Crippen LogP contribution in [-0.2, 0) is 34.5 Å². The fourth-order valence-electron chi connectivity index (χ4n) is 4.05. The van der Waals surface area contributed by atoms with Crippen LogP contribution < -0.4 is 0 Å². The van der Waals surface area contributed by atoms with Crippen LogP contribution in [-0.4, -0.2) is 54.8 Å². The van der Waals surface area contributed by atoms with E-state index < -0.39 is 20.5 Å². The summed E-state index contributed by atoms with van der Waals surface area (Å²) in [6.07, 6.45) is 12.9. The predicted molar refractivity (Wildman–Crippen MR) is 156 cm³/mol. The first-order valence-electron chi connectivity index (χ1n) is 14.1. The van der Waals surface area contributed by atoms with Gasteiger partial charge in [0.15, 0.2) is 5.78 Å². The van der Waals surface area contributed by atoms with E-state index in [0.29, 0.717) is 11.1 Å². The lowest BCUT2D eigenvalue weighted by Gasteiger charge is -2.17. The molecule has 0 heterocycles. The maximum absolute atomic E-state index is 12.5. The molecule has 0 saturated heterocycles. The Labute approximate surface area is 243 Å². The van der Waals surface area contributed by atoms with Crippen molar-refractivity contribution in [3.8, 4) is 0 Å². The lowest BCUT2D eigenvalue weighted by Crippen LogP contribution is -2.27. The van der Waals surface area contributed by atoms with Gasteiger partial charge in [-0.15, -0.1) is 0 Å². The van der Waals surface area contributed by atoms with Gasteiger partial charge in [0.25, 0.3) is 0 Å². The first kappa shape index (κ1) is 34.6. The van der Waals surface area contributed by atoms with E-state index in [0.717, 1.165) is 57.8 Å². The molecule has 0 unspecified atom stereocenters. The van der Waals surface area contributed by atoms with Crippen LogP contribution in [0.2, 0.25) is 0 Å². The minimum atomic E-state index is -4.64. The van der Waals surface area contributed by atoms with Gasteiger partial charge in [-0.2, -0.15) is 0 Å². The van der Waals surface area contributed by atoms with Crippen molar-refractivity contribution in [2.24, 2.45) is 0 Å². The number of hydrogen-bond donors (Lipinski definition) is 2. The molecular formula is C31H43O9P. The molecular weight excluding hydrogens is 548 g/mol. The van der Waals surface area contributed by atoms with Crippen molar-refractivity contribution in [3.63, 3.8) is 0 Å². The number of unbranched alkanes of at least 4 members (excludes halogenated alkanes) is 6. The fourth-order valence-corrected chi connectivity index (χ4v) is 4.41. The summed E-state index contributed by atoms with van der Waals surface area (Å²) in [5.41, 5.74) is 2.66. The molecule has 9 nitrogen and oxygen atoms in total. The zero-order chi connectivity index (χ0) is 29.8. The second-order valence-electron chi connectivity index (χ2n) is 9.73. The number of carbonyl (C=O) groups excluding carboxylic acids is 2. The Hall–Kier alpha value is -2.65. The third-order valence-electron chi connectivity index (χ3n) is 6.29. The van der Waals surface area contributed by atoms with Gasteiger partial charge in [0.2, 0.25) is 0 Å². The van der Waals surface area contributed by atoms with Crippen LogP contribution in [0, 0.1) is 0 Å². The molecule has 10 heteroatoms. The molecule has 0 saturated carbocycles. The van der Waals surface area contributed by atoms with Gasteiger partial charge in [0, 0.05) is 24.7 Å². The Morgan fingerprint density at radius 2 is 1.46 bits per heavy atom. The lowest BCUT2D eigenvalue weighted by molar-refractivity contribution is -0.154. The number of benzene rings is 2. The Morgan fingerprint density at radius 1 is 0.829 bits per heavy atom. The highest BCUT2D eigenvalue weighted by atomic mass is 32.2. The van der Waals surface area contributed by atoms with Crippen molar-refractivity contribution in [2.75, 3.05) is 27.1 Å². The van der Waals surface area contributed by atoms with Crippen LogP contribution in [0.15, 0.2) is 66.7 Å². The van der Waals surface area contributed by atoms with E-state index in [-0.39, 0.29) is 31.6 Å². The van der Waals surface area contributed by atoms with Gasteiger partial charge >= 0.3 is 13.8 Å². The van der Waals surface area contributed by atoms with E-state index in [1.165, 1.54) is 12.7 Å². The Balaban J connectivity index is 1.47. The molecule has 0 aromatic heterocycles. The number of rotatable bonds is 22. The number of carbonyl (C=O) groups is 2. The zero-order valence-electron chi connectivity index (χ0n) is 23.8. The summed E-state index contributed by atoms with van der Waals surface area (Å²) >= 11 is 0. The van der Waals surface area contributed by atoms with Gasteiger partial charge in [-0.1, -0.05) is 86.0 Å². The Kier molecular flexibility index (Phi) is 17.1.